The summed E-state index contributed by atoms with van der Waals surface area (Å²) >= 11 is 1.80. The van der Waals surface area contributed by atoms with Crippen molar-refractivity contribution in [1.82, 2.24) is 4.90 Å². The molecule has 0 bridgehead atoms. The number of carbonyl (C=O) groups excluding carboxylic acids is 1. The number of carbonyl (C=O) groups is 1. The maximum absolute atomic E-state index is 12.3. The lowest BCUT2D eigenvalue weighted by Gasteiger charge is -2.41. The molecule has 1 amide bonds. The molecule has 2 aromatic heterocycles. The van der Waals surface area contributed by atoms with Gasteiger partial charge in [0.2, 0.25) is 0 Å². The summed E-state index contributed by atoms with van der Waals surface area (Å²) in [6.07, 6.45) is 5.36. The minimum Gasteiger partial charge on any atom is -0.472 e. The summed E-state index contributed by atoms with van der Waals surface area (Å²) in [4.78, 5) is 14.9. The monoisotopic (exact) mass is 382 g/mol. The fourth-order valence-corrected chi connectivity index (χ4v) is 4.92. The lowest BCUT2D eigenvalue weighted by Crippen LogP contribution is -2.45. The molecule has 0 spiro atoms. The highest BCUT2D eigenvalue weighted by Gasteiger charge is 2.28. The topological polar surface area (TPSA) is 45.5 Å². The van der Waals surface area contributed by atoms with Gasteiger partial charge in [0.15, 0.2) is 0 Å². The standard InChI is InChI=1S/C22H26N2O2S/c1-22(2,3)24-9-6-15(7-10-24)19-14-27-20-5-4-17(12-18(19)20)23-21(25)16-8-11-26-13-16/h4-5,8,11-15H,6-7,9-10H2,1-3H3,(H,23,25). The van der Waals surface area contributed by atoms with Crippen molar-refractivity contribution < 1.29 is 9.21 Å². The number of anilines is 1. The normalized spacial score (nSPS) is 16.7. The Hall–Kier alpha value is -2.11. The molecule has 0 aliphatic carbocycles. The summed E-state index contributed by atoms with van der Waals surface area (Å²) in [6, 6.07) is 7.88. The third-order valence-electron chi connectivity index (χ3n) is 5.53. The molecule has 3 heterocycles. The number of likely N-dealkylation sites (tertiary alicyclic amines) is 1. The number of amides is 1. The summed E-state index contributed by atoms with van der Waals surface area (Å²) in [6.45, 7) is 9.16. The van der Waals surface area contributed by atoms with Gasteiger partial charge in [-0.2, -0.15) is 0 Å². The lowest BCUT2D eigenvalue weighted by atomic mass is 9.87. The average Bonchev–Trinajstić information content (AvgIpc) is 3.31. The van der Waals surface area contributed by atoms with Gasteiger partial charge in [-0.3, -0.25) is 9.69 Å². The fraction of sp³-hybridized carbons (Fsp3) is 0.409. The summed E-state index contributed by atoms with van der Waals surface area (Å²) < 4.78 is 6.28. The van der Waals surface area contributed by atoms with Crippen LogP contribution >= 0.6 is 11.3 Å². The van der Waals surface area contributed by atoms with Crippen LogP contribution in [0.1, 0.15) is 55.5 Å². The van der Waals surface area contributed by atoms with E-state index in [9.17, 15) is 4.79 Å². The van der Waals surface area contributed by atoms with E-state index in [1.807, 2.05) is 6.07 Å². The van der Waals surface area contributed by atoms with Crippen molar-refractivity contribution in [2.24, 2.45) is 0 Å². The van der Waals surface area contributed by atoms with Gasteiger partial charge in [-0.15, -0.1) is 11.3 Å². The zero-order chi connectivity index (χ0) is 19.0. The highest BCUT2D eigenvalue weighted by atomic mass is 32.1. The van der Waals surface area contributed by atoms with Gasteiger partial charge >= 0.3 is 0 Å². The Morgan fingerprint density at radius 2 is 2.00 bits per heavy atom. The van der Waals surface area contributed by atoms with Gasteiger partial charge < -0.3 is 9.73 Å². The fourth-order valence-electron chi connectivity index (χ4n) is 3.90. The minimum absolute atomic E-state index is 0.140. The van der Waals surface area contributed by atoms with Gasteiger partial charge in [-0.25, -0.2) is 0 Å². The van der Waals surface area contributed by atoms with Crippen molar-refractivity contribution in [2.45, 2.75) is 45.1 Å². The van der Waals surface area contributed by atoms with Crippen LogP contribution < -0.4 is 5.32 Å². The number of hydrogen-bond acceptors (Lipinski definition) is 4. The van der Waals surface area contributed by atoms with Gasteiger partial charge in [0.1, 0.15) is 6.26 Å². The Morgan fingerprint density at radius 3 is 2.67 bits per heavy atom. The minimum atomic E-state index is -0.140. The van der Waals surface area contributed by atoms with E-state index >= 15 is 0 Å². The molecule has 0 unspecified atom stereocenters. The number of fused-ring (bicyclic) bond motifs is 1. The summed E-state index contributed by atoms with van der Waals surface area (Å²) in [5, 5.41) is 6.57. The SMILES string of the molecule is CC(C)(C)N1CCC(c2csc3ccc(NC(=O)c4ccoc4)cc23)CC1. The molecule has 4 nitrogen and oxygen atoms in total. The molecule has 1 fully saturated rings. The van der Waals surface area contributed by atoms with Gasteiger partial charge in [-0.05, 0) is 93.2 Å². The highest BCUT2D eigenvalue weighted by Crippen LogP contribution is 2.38. The second kappa shape index (κ2) is 7.13. The molecular formula is C22H26N2O2S. The predicted octanol–water partition coefficient (Wildman–Crippen LogP) is 5.72. The zero-order valence-electron chi connectivity index (χ0n) is 16.1. The van der Waals surface area contributed by atoms with E-state index in [-0.39, 0.29) is 11.4 Å². The summed E-state index contributed by atoms with van der Waals surface area (Å²) in [7, 11) is 0. The first-order chi connectivity index (χ1) is 12.9. The van der Waals surface area contributed by atoms with Crippen molar-refractivity contribution in [2.75, 3.05) is 18.4 Å². The zero-order valence-corrected chi connectivity index (χ0v) is 16.9. The molecule has 4 rings (SSSR count). The van der Waals surface area contributed by atoms with Crippen molar-refractivity contribution >= 4 is 33.0 Å². The number of benzene rings is 1. The van der Waals surface area contributed by atoms with Crippen LogP contribution in [0.15, 0.2) is 46.6 Å². The molecule has 0 radical (unpaired) electrons. The Balaban J connectivity index is 1.53. The van der Waals surface area contributed by atoms with Crippen LogP contribution in [0.25, 0.3) is 10.1 Å². The van der Waals surface area contributed by atoms with Gasteiger partial charge in [0, 0.05) is 15.9 Å². The number of piperidine rings is 1. The van der Waals surface area contributed by atoms with E-state index in [0.717, 1.165) is 18.8 Å². The van der Waals surface area contributed by atoms with Crippen molar-refractivity contribution in [3.8, 4) is 0 Å². The van der Waals surface area contributed by atoms with Crippen molar-refractivity contribution in [1.29, 1.82) is 0 Å². The van der Waals surface area contributed by atoms with E-state index < -0.39 is 0 Å². The predicted molar refractivity (Wildman–Crippen MR) is 112 cm³/mol. The molecule has 27 heavy (non-hydrogen) atoms. The third kappa shape index (κ3) is 3.80. The van der Waals surface area contributed by atoms with Gasteiger partial charge in [-0.1, -0.05) is 0 Å². The molecule has 1 aliphatic rings. The van der Waals surface area contributed by atoms with Crippen LogP contribution in [0.3, 0.4) is 0 Å². The van der Waals surface area contributed by atoms with Gasteiger partial charge in [0.05, 0.1) is 11.8 Å². The number of thiophene rings is 1. The van der Waals surface area contributed by atoms with Crippen LogP contribution in [0.2, 0.25) is 0 Å². The van der Waals surface area contributed by atoms with Crippen LogP contribution in [-0.2, 0) is 0 Å². The first-order valence-electron chi connectivity index (χ1n) is 9.51. The molecular weight excluding hydrogens is 356 g/mol. The molecule has 1 aromatic carbocycles. The van der Waals surface area contributed by atoms with Crippen molar-refractivity contribution in [3.63, 3.8) is 0 Å². The number of rotatable bonds is 3. The molecule has 1 saturated heterocycles. The highest BCUT2D eigenvalue weighted by molar-refractivity contribution is 7.17. The third-order valence-corrected chi connectivity index (χ3v) is 6.51. The van der Waals surface area contributed by atoms with Crippen molar-refractivity contribution in [3.05, 3.63) is 53.3 Å². The number of furan rings is 1. The second-order valence-corrected chi connectivity index (χ2v) is 9.21. The molecule has 3 aromatic rings. The number of hydrogen-bond donors (Lipinski definition) is 1. The van der Waals surface area contributed by atoms with E-state index in [1.165, 1.54) is 41.0 Å². The molecule has 1 N–H and O–H groups in total. The van der Waals surface area contributed by atoms with Gasteiger partial charge in [0.25, 0.3) is 5.91 Å². The number of nitrogens with one attached hydrogen (secondary N) is 1. The molecule has 5 heteroatoms. The molecule has 0 atom stereocenters. The van der Waals surface area contributed by atoms with Crippen LogP contribution in [-0.4, -0.2) is 29.4 Å². The van der Waals surface area contributed by atoms with Crippen LogP contribution in [0, 0.1) is 0 Å². The van der Waals surface area contributed by atoms with E-state index in [4.69, 9.17) is 4.42 Å². The summed E-state index contributed by atoms with van der Waals surface area (Å²) in [5.41, 5.74) is 3.05. The van der Waals surface area contributed by atoms with Crippen LogP contribution in [0.5, 0.6) is 0 Å². The Morgan fingerprint density at radius 1 is 1.22 bits per heavy atom. The first kappa shape index (κ1) is 18.3. The second-order valence-electron chi connectivity index (χ2n) is 8.30. The average molecular weight is 383 g/mol. The lowest BCUT2D eigenvalue weighted by molar-refractivity contribution is 0.102. The molecule has 142 valence electrons. The quantitative estimate of drug-likeness (QED) is 0.630. The molecule has 1 aliphatic heterocycles. The van der Waals surface area contributed by atoms with E-state index in [2.05, 4.69) is 48.5 Å². The Labute approximate surface area is 164 Å². The van der Waals surface area contributed by atoms with E-state index in [1.54, 1.807) is 17.4 Å². The molecule has 0 saturated carbocycles. The number of nitrogens with zero attached hydrogens (tertiary/aromatic N) is 1. The smallest absolute Gasteiger partial charge is 0.258 e. The van der Waals surface area contributed by atoms with Crippen LogP contribution in [0.4, 0.5) is 5.69 Å². The Bertz CT molecular complexity index is 929. The largest absolute Gasteiger partial charge is 0.472 e. The first-order valence-corrected chi connectivity index (χ1v) is 10.4. The summed E-state index contributed by atoms with van der Waals surface area (Å²) in [5.74, 6) is 0.454. The maximum atomic E-state index is 12.3. The maximum Gasteiger partial charge on any atom is 0.258 e. The Kier molecular flexibility index (Phi) is 4.82. The van der Waals surface area contributed by atoms with E-state index in [0.29, 0.717) is 11.5 Å².